The number of nitrogens with two attached hydrogens (primary N) is 1. The number of rotatable bonds is 4. The van der Waals surface area contributed by atoms with Crippen molar-refractivity contribution >= 4 is 12.7 Å². The summed E-state index contributed by atoms with van der Waals surface area (Å²) in [5, 5.41) is 0.692. The molecule has 0 amide bonds. The molecule has 78 valence electrons. The molecule has 2 atom stereocenters. The summed E-state index contributed by atoms with van der Waals surface area (Å²) < 4.78 is 17.7. The fourth-order valence-corrected chi connectivity index (χ4v) is 3.08. The van der Waals surface area contributed by atoms with Crippen molar-refractivity contribution in [3.05, 3.63) is 30.3 Å². The van der Waals surface area contributed by atoms with E-state index >= 15 is 0 Å². The Labute approximate surface area is 84.7 Å². The Morgan fingerprint density at radius 3 is 2.43 bits per heavy atom. The molecule has 14 heavy (non-hydrogen) atoms. The van der Waals surface area contributed by atoms with Gasteiger partial charge in [0.05, 0.1) is 12.4 Å². The van der Waals surface area contributed by atoms with Crippen molar-refractivity contribution in [3.8, 4) is 0 Å². The van der Waals surface area contributed by atoms with E-state index in [1.165, 1.54) is 0 Å². The highest BCUT2D eigenvalue weighted by atomic mass is 31.2. The molecule has 0 aliphatic heterocycles. The van der Waals surface area contributed by atoms with Crippen molar-refractivity contribution in [3.63, 3.8) is 0 Å². The predicted octanol–water partition coefficient (Wildman–Crippen LogP) is 1.93. The van der Waals surface area contributed by atoms with Crippen LogP contribution in [0.15, 0.2) is 30.3 Å². The normalized spacial score (nSPS) is 17.4. The lowest BCUT2D eigenvalue weighted by Crippen LogP contribution is -2.24. The van der Waals surface area contributed by atoms with Crippen LogP contribution < -0.4 is 11.0 Å². The van der Waals surface area contributed by atoms with Gasteiger partial charge in [-0.1, -0.05) is 18.2 Å². The minimum atomic E-state index is -2.87. The van der Waals surface area contributed by atoms with Crippen molar-refractivity contribution in [2.75, 3.05) is 6.61 Å². The molecule has 3 nitrogen and oxygen atoms in total. The minimum Gasteiger partial charge on any atom is -0.325 e. The van der Waals surface area contributed by atoms with Crippen LogP contribution in [0.5, 0.6) is 0 Å². The molecule has 4 heteroatoms. The lowest BCUT2D eigenvalue weighted by molar-refractivity contribution is 0.335. The van der Waals surface area contributed by atoms with E-state index in [0.29, 0.717) is 11.9 Å². The first-order chi connectivity index (χ1) is 6.61. The molecule has 0 saturated carbocycles. The third kappa shape index (κ3) is 2.24. The first-order valence-electron chi connectivity index (χ1n) is 4.66. The van der Waals surface area contributed by atoms with Crippen molar-refractivity contribution in [2.45, 2.75) is 19.6 Å². The molecule has 0 aliphatic rings. The van der Waals surface area contributed by atoms with Gasteiger partial charge in [0.15, 0.2) is 0 Å². The summed E-state index contributed by atoms with van der Waals surface area (Å²) in [6.45, 7) is 3.94. The molecule has 1 aromatic rings. The summed E-state index contributed by atoms with van der Waals surface area (Å²) in [7, 11) is -2.87. The quantitative estimate of drug-likeness (QED) is 0.777. The monoisotopic (exact) mass is 213 g/mol. The van der Waals surface area contributed by atoms with E-state index in [2.05, 4.69) is 0 Å². The van der Waals surface area contributed by atoms with E-state index in [9.17, 15) is 4.57 Å². The Kier molecular flexibility index (Phi) is 3.87. The first kappa shape index (κ1) is 11.4. The highest BCUT2D eigenvalue weighted by Gasteiger charge is 2.29. The van der Waals surface area contributed by atoms with Crippen LogP contribution in [0.3, 0.4) is 0 Å². The second kappa shape index (κ2) is 4.74. The van der Waals surface area contributed by atoms with Crippen molar-refractivity contribution in [2.24, 2.45) is 5.73 Å². The molecule has 0 spiro atoms. The maximum atomic E-state index is 12.4. The van der Waals surface area contributed by atoms with Crippen LogP contribution in [-0.2, 0) is 9.09 Å². The van der Waals surface area contributed by atoms with Crippen LogP contribution in [0.4, 0.5) is 0 Å². The van der Waals surface area contributed by atoms with Crippen molar-refractivity contribution < 1.29 is 9.09 Å². The van der Waals surface area contributed by atoms with Gasteiger partial charge in [0.25, 0.3) is 0 Å². The number of benzene rings is 1. The Bertz CT molecular complexity index is 324. The van der Waals surface area contributed by atoms with Crippen LogP contribution in [0.2, 0.25) is 0 Å². The Morgan fingerprint density at radius 2 is 2.00 bits per heavy atom. The van der Waals surface area contributed by atoms with Gasteiger partial charge in [0, 0.05) is 5.30 Å². The summed E-state index contributed by atoms with van der Waals surface area (Å²) in [4.78, 5) is 0. The van der Waals surface area contributed by atoms with E-state index in [4.69, 9.17) is 10.3 Å². The lowest BCUT2D eigenvalue weighted by Gasteiger charge is -2.21. The highest BCUT2D eigenvalue weighted by Crippen LogP contribution is 2.48. The van der Waals surface area contributed by atoms with Gasteiger partial charge >= 0.3 is 0 Å². The maximum absolute atomic E-state index is 12.4. The van der Waals surface area contributed by atoms with E-state index in [0.717, 1.165) is 0 Å². The van der Waals surface area contributed by atoms with Crippen LogP contribution >= 0.6 is 7.37 Å². The summed E-state index contributed by atoms with van der Waals surface area (Å²) in [5.74, 6) is -0.468. The van der Waals surface area contributed by atoms with Crippen LogP contribution in [0.25, 0.3) is 0 Å². The molecular formula is C10H16NO2P. The predicted molar refractivity (Wildman–Crippen MR) is 59.0 cm³/mol. The van der Waals surface area contributed by atoms with E-state index in [1.807, 2.05) is 25.1 Å². The lowest BCUT2D eigenvalue weighted by atomic mass is 10.4. The summed E-state index contributed by atoms with van der Waals surface area (Å²) in [6.07, 6.45) is 0. The first-order valence-corrected chi connectivity index (χ1v) is 6.36. The molecule has 0 aromatic heterocycles. The van der Waals surface area contributed by atoms with Crippen LogP contribution in [0, 0.1) is 0 Å². The molecule has 1 rings (SSSR count). The average Bonchev–Trinajstić information content (AvgIpc) is 2.19. The second-order valence-corrected chi connectivity index (χ2v) is 5.87. The molecular weight excluding hydrogens is 197 g/mol. The molecule has 1 aromatic carbocycles. The molecule has 2 unspecified atom stereocenters. The topological polar surface area (TPSA) is 52.3 Å². The van der Waals surface area contributed by atoms with Gasteiger partial charge < -0.3 is 10.3 Å². The fraction of sp³-hybridized carbons (Fsp3) is 0.400. The number of hydrogen-bond donors (Lipinski definition) is 1. The fourth-order valence-electron chi connectivity index (χ4n) is 1.25. The zero-order valence-corrected chi connectivity index (χ0v) is 9.41. The van der Waals surface area contributed by atoms with Gasteiger partial charge in [-0.15, -0.1) is 0 Å². The SMILES string of the molecule is CCOP(=O)(c1ccccc1)C(C)N. The largest absolute Gasteiger partial charge is 0.325 e. The molecule has 0 bridgehead atoms. The molecule has 0 aliphatic carbocycles. The molecule has 0 fully saturated rings. The van der Waals surface area contributed by atoms with Crippen LogP contribution in [0.1, 0.15) is 13.8 Å². The molecule has 0 saturated heterocycles. The van der Waals surface area contributed by atoms with Gasteiger partial charge in [-0.05, 0) is 26.0 Å². The zero-order chi connectivity index (χ0) is 10.6. The zero-order valence-electron chi connectivity index (χ0n) is 8.51. The third-order valence-corrected chi connectivity index (χ3v) is 4.71. The second-order valence-electron chi connectivity index (χ2n) is 3.09. The minimum absolute atomic E-state index is 0.410. The van der Waals surface area contributed by atoms with Crippen molar-refractivity contribution in [1.29, 1.82) is 0 Å². The summed E-state index contributed by atoms with van der Waals surface area (Å²) in [5.41, 5.74) is 5.70. The Morgan fingerprint density at radius 1 is 1.43 bits per heavy atom. The smallest absolute Gasteiger partial charge is 0.247 e. The molecule has 0 radical (unpaired) electrons. The third-order valence-electron chi connectivity index (χ3n) is 1.97. The average molecular weight is 213 g/mol. The van der Waals surface area contributed by atoms with E-state index < -0.39 is 13.2 Å². The van der Waals surface area contributed by atoms with Crippen molar-refractivity contribution in [1.82, 2.24) is 0 Å². The molecule has 2 N–H and O–H groups in total. The standard InChI is InChI=1S/C10H16NO2P/c1-3-13-14(12,9(2)11)10-7-5-4-6-8-10/h4-9H,3,11H2,1-2H3. The Hall–Kier alpha value is -0.630. The van der Waals surface area contributed by atoms with Gasteiger partial charge in [-0.3, -0.25) is 4.57 Å². The van der Waals surface area contributed by atoms with Gasteiger partial charge in [0.2, 0.25) is 7.37 Å². The van der Waals surface area contributed by atoms with Crippen LogP contribution in [-0.4, -0.2) is 12.4 Å². The highest BCUT2D eigenvalue weighted by molar-refractivity contribution is 7.67. The Balaban J connectivity index is 3.07. The van der Waals surface area contributed by atoms with E-state index in [-0.39, 0.29) is 0 Å². The summed E-state index contributed by atoms with van der Waals surface area (Å²) >= 11 is 0. The molecule has 0 heterocycles. The van der Waals surface area contributed by atoms with Gasteiger partial charge in [0.1, 0.15) is 0 Å². The van der Waals surface area contributed by atoms with Gasteiger partial charge in [-0.25, -0.2) is 0 Å². The van der Waals surface area contributed by atoms with Gasteiger partial charge in [-0.2, -0.15) is 0 Å². The summed E-state index contributed by atoms with van der Waals surface area (Å²) in [6, 6.07) is 9.13. The van der Waals surface area contributed by atoms with E-state index in [1.54, 1.807) is 19.1 Å². The number of hydrogen-bond acceptors (Lipinski definition) is 3. The maximum Gasteiger partial charge on any atom is 0.247 e.